The normalized spacial score (nSPS) is 15.9. The Morgan fingerprint density at radius 3 is 1.76 bits per heavy atom. The molecule has 104 valence electrons. The lowest BCUT2D eigenvalue weighted by molar-refractivity contribution is 0.184. The molecular formula is C15H34N2. The Hall–Kier alpha value is -0.0800. The molecule has 0 aromatic carbocycles. The van der Waals surface area contributed by atoms with Crippen molar-refractivity contribution in [1.29, 1.82) is 0 Å². The van der Waals surface area contributed by atoms with Gasteiger partial charge in [0.1, 0.15) is 0 Å². The number of likely N-dealkylation sites (N-methyl/N-ethyl adjacent to an activating group) is 1. The summed E-state index contributed by atoms with van der Waals surface area (Å²) in [5.41, 5.74) is 0. The van der Waals surface area contributed by atoms with Crippen LogP contribution in [-0.4, -0.2) is 37.6 Å². The summed E-state index contributed by atoms with van der Waals surface area (Å²) in [7, 11) is 4.42. The van der Waals surface area contributed by atoms with Crippen molar-refractivity contribution in [3.8, 4) is 0 Å². The summed E-state index contributed by atoms with van der Waals surface area (Å²) < 4.78 is 0. The van der Waals surface area contributed by atoms with E-state index in [1.54, 1.807) is 0 Å². The maximum Gasteiger partial charge on any atom is 0.0242 e. The molecule has 0 saturated carbocycles. The molecule has 2 heteroatoms. The molecule has 1 N–H and O–H groups in total. The first kappa shape index (κ1) is 16.9. The molecule has 0 amide bonds. The first-order valence-corrected chi connectivity index (χ1v) is 7.37. The average molecular weight is 242 g/mol. The van der Waals surface area contributed by atoms with Crippen LogP contribution in [0.3, 0.4) is 0 Å². The third-order valence-electron chi connectivity index (χ3n) is 4.09. The van der Waals surface area contributed by atoms with Crippen molar-refractivity contribution in [1.82, 2.24) is 10.2 Å². The Labute approximate surface area is 109 Å². The highest BCUT2D eigenvalue weighted by Crippen LogP contribution is 2.17. The Balaban J connectivity index is 4.35. The lowest BCUT2D eigenvalue weighted by atomic mass is 9.92. The van der Waals surface area contributed by atoms with E-state index in [0.29, 0.717) is 12.1 Å². The van der Waals surface area contributed by atoms with Gasteiger partial charge < -0.3 is 10.2 Å². The third kappa shape index (κ3) is 5.87. The zero-order chi connectivity index (χ0) is 13.4. The molecule has 0 rings (SSSR count). The van der Waals surface area contributed by atoms with E-state index >= 15 is 0 Å². The number of nitrogens with one attached hydrogen (secondary N) is 1. The fourth-order valence-electron chi connectivity index (χ4n) is 2.73. The zero-order valence-corrected chi connectivity index (χ0v) is 13.1. The van der Waals surface area contributed by atoms with E-state index in [-0.39, 0.29) is 0 Å². The first-order chi connectivity index (χ1) is 7.97. The van der Waals surface area contributed by atoms with Crippen LogP contribution in [-0.2, 0) is 0 Å². The molecule has 0 saturated heterocycles. The van der Waals surface area contributed by atoms with Gasteiger partial charge in [0.05, 0.1) is 0 Å². The lowest BCUT2D eigenvalue weighted by Gasteiger charge is -2.33. The summed E-state index contributed by atoms with van der Waals surface area (Å²) in [5, 5.41) is 3.76. The Kier molecular flexibility index (Phi) is 8.89. The highest BCUT2D eigenvalue weighted by molar-refractivity contribution is 4.79. The van der Waals surface area contributed by atoms with Crippen LogP contribution in [0.25, 0.3) is 0 Å². The van der Waals surface area contributed by atoms with Gasteiger partial charge in [-0.05, 0) is 32.4 Å². The van der Waals surface area contributed by atoms with Crippen molar-refractivity contribution in [2.24, 2.45) is 11.8 Å². The second-order valence-corrected chi connectivity index (χ2v) is 5.77. The van der Waals surface area contributed by atoms with Gasteiger partial charge in [-0.3, -0.25) is 0 Å². The smallest absolute Gasteiger partial charge is 0.0242 e. The molecule has 2 unspecified atom stereocenters. The number of hydrogen-bond donors (Lipinski definition) is 1. The van der Waals surface area contributed by atoms with Crippen LogP contribution in [0.5, 0.6) is 0 Å². The van der Waals surface area contributed by atoms with Crippen molar-refractivity contribution in [3.05, 3.63) is 0 Å². The van der Waals surface area contributed by atoms with Crippen LogP contribution in [0, 0.1) is 11.8 Å². The van der Waals surface area contributed by atoms with E-state index in [1.165, 1.54) is 19.3 Å². The zero-order valence-electron chi connectivity index (χ0n) is 13.1. The molecule has 0 spiro atoms. The minimum absolute atomic E-state index is 0.659. The summed E-state index contributed by atoms with van der Waals surface area (Å²) in [5.74, 6) is 1.53. The predicted octanol–water partition coefficient (Wildman–Crippen LogP) is 3.38. The van der Waals surface area contributed by atoms with Crippen LogP contribution in [0.15, 0.2) is 0 Å². The van der Waals surface area contributed by atoms with Gasteiger partial charge in [0.15, 0.2) is 0 Å². The fourth-order valence-corrected chi connectivity index (χ4v) is 2.73. The van der Waals surface area contributed by atoms with Gasteiger partial charge >= 0.3 is 0 Å². The second-order valence-electron chi connectivity index (χ2n) is 5.77. The number of rotatable bonds is 9. The van der Waals surface area contributed by atoms with Crippen molar-refractivity contribution < 1.29 is 0 Å². The van der Waals surface area contributed by atoms with Crippen molar-refractivity contribution >= 4 is 0 Å². The van der Waals surface area contributed by atoms with E-state index in [2.05, 4.69) is 58.9 Å². The Morgan fingerprint density at radius 2 is 1.47 bits per heavy atom. The van der Waals surface area contributed by atoms with Gasteiger partial charge in [0, 0.05) is 18.6 Å². The van der Waals surface area contributed by atoms with Gasteiger partial charge in [-0.1, -0.05) is 47.5 Å². The maximum absolute atomic E-state index is 3.76. The van der Waals surface area contributed by atoms with Gasteiger partial charge in [0.2, 0.25) is 0 Å². The maximum atomic E-state index is 3.76. The number of hydrogen-bond acceptors (Lipinski definition) is 2. The van der Waals surface area contributed by atoms with E-state index in [4.69, 9.17) is 0 Å². The van der Waals surface area contributed by atoms with Crippen LogP contribution >= 0.6 is 0 Å². The molecule has 0 aliphatic rings. The fraction of sp³-hybridized carbons (Fsp3) is 1.00. The average Bonchev–Trinajstić information content (AvgIpc) is 2.27. The topological polar surface area (TPSA) is 15.3 Å². The molecule has 0 aliphatic heterocycles. The van der Waals surface area contributed by atoms with Crippen LogP contribution < -0.4 is 5.32 Å². The molecule has 0 bridgehead atoms. The molecule has 0 heterocycles. The van der Waals surface area contributed by atoms with E-state index in [9.17, 15) is 0 Å². The minimum atomic E-state index is 0.659. The summed E-state index contributed by atoms with van der Waals surface area (Å²) in [6, 6.07) is 1.32. The molecule has 0 fully saturated rings. The SMILES string of the molecule is CCC(CC)C(CNC(CC)C(C)C)N(C)C. The van der Waals surface area contributed by atoms with Gasteiger partial charge in [-0.15, -0.1) is 0 Å². The quantitative estimate of drug-likeness (QED) is 0.667. The van der Waals surface area contributed by atoms with Crippen LogP contribution in [0.2, 0.25) is 0 Å². The van der Waals surface area contributed by atoms with Crippen LogP contribution in [0.1, 0.15) is 53.9 Å². The summed E-state index contributed by atoms with van der Waals surface area (Å²) >= 11 is 0. The molecule has 17 heavy (non-hydrogen) atoms. The molecule has 2 atom stereocenters. The summed E-state index contributed by atoms with van der Waals surface area (Å²) in [6.07, 6.45) is 3.78. The molecule has 2 nitrogen and oxygen atoms in total. The summed E-state index contributed by atoms with van der Waals surface area (Å²) in [4.78, 5) is 2.39. The van der Waals surface area contributed by atoms with Gasteiger partial charge in [-0.2, -0.15) is 0 Å². The highest BCUT2D eigenvalue weighted by Gasteiger charge is 2.21. The van der Waals surface area contributed by atoms with Crippen molar-refractivity contribution in [2.45, 2.75) is 66.0 Å². The lowest BCUT2D eigenvalue weighted by Crippen LogP contribution is -2.47. The second kappa shape index (κ2) is 8.93. The van der Waals surface area contributed by atoms with E-state index < -0.39 is 0 Å². The minimum Gasteiger partial charge on any atom is -0.312 e. The Morgan fingerprint density at radius 1 is 0.941 bits per heavy atom. The third-order valence-corrected chi connectivity index (χ3v) is 4.09. The molecule has 0 radical (unpaired) electrons. The molecule has 0 aromatic rings. The Bertz CT molecular complexity index is 174. The standard InChI is InChI=1S/C15H34N2/c1-8-13(9-2)15(17(6)7)11-16-14(10-3)12(4)5/h12-16H,8-11H2,1-7H3. The van der Waals surface area contributed by atoms with E-state index in [1.807, 2.05) is 0 Å². The largest absolute Gasteiger partial charge is 0.312 e. The summed E-state index contributed by atoms with van der Waals surface area (Å²) in [6.45, 7) is 12.6. The predicted molar refractivity (Wildman–Crippen MR) is 78.5 cm³/mol. The molecular weight excluding hydrogens is 208 g/mol. The van der Waals surface area contributed by atoms with Crippen molar-refractivity contribution in [3.63, 3.8) is 0 Å². The first-order valence-electron chi connectivity index (χ1n) is 7.37. The van der Waals surface area contributed by atoms with E-state index in [0.717, 1.165) is 18.4 Å². The van der Waals surface area contributed by atoms with Crippen LogP contribution in [0.4, 0.5) is 0 Å². The molecule has 0 aromatic heterocycles. The van der Waals surface area contributed by atoms with Crippen molar-refractivity contribution in [2.75, 3.05) is 20.6 Å². The number of nitrogens with zero attached hydrogens (tertiary/aromatic N) is 1. The molecule has 0 aliphatic carbocycles. The highest BCUT2D eigenvalue weighted by atomic mass is 15.1. The van der Waals surface area contributed by atoms with Gasteiger partial charge in [-0.25, -0.2) is 0 Å². The monoisotopic (exact) mass is 242 g/mol. The van der Waals surface area contributed by atoms with Gasteiger partial charge in [0.25, 0.3) is 0 Å².